The van der Waals surface area contributed by atoms with Gasteiger partial charge in [0.2, 0.25) is 11.2 Å². The molecule has 2 N–H and O–H groups in total. The number of rotatable bonds is 4. The van der Waals surface area contributed by atoms with E-state index in [1.807, 2.05) is 49.4 Å². The molecule has 0 aliphatic heterocycles. The summed E-state index contributed by atoms with van der Waals surface area (Å²) in [6.45, 7) is 2.01. The molecule has 4 aromatic rings. The molecule has 0 aliphatic rings. The van der Waals surface area contributed by atoms with Crippen molar-refractivity contribution in [2.45, 2.75) is 6.92 Å². The van der Waals surface area contributed by atoms with Crippen molar-refractivity contribution < 1.29 is 4.21 Å². The third-order valence-electron chi connectivity index (χ3n) is 5.15. The Morgan fingerprint density at radius 3 is 2.39 bits per heavy atom. The number of benzene rings is 3. The quantitative estimate of drug-likeness (QED) is 0.464. The average Bonchev–Trinajstić information content (AvgIpc) is 2.75. The predicted molar refractivity (Wildman–Crippen MR) is 129 cm³/mol. The second kappa shape index (κ2) is 8.59. The molecule has 1 heterocycles. The van der Waals surface area contributed by atoms with Gasteiger partial charge < -0.3 is 4.57 Å². The van der Waals surface area contributed by atoms with Crippen molar-refractivity contribution in [1.29, 1.82) is 0 Å². The van der Waals surface area contributed by atoms with Gasteiger partial charge in [0.1, 0.15) is 0 Å². The Labute approximate surface area is 187 Å². The number of fused-ring (bicyclic) bond motifs is 1. The zero-order chi connectivity index (χ0) is 22.1. The van der Waals surface area contributed by atoms with Gasteiger partial charge in [-0.3, -0.25) is 4.79 Å². The molecule has 0 fully saturated rings. The Kier molecular flexibility index (Phi) is 5.87. The van der Waals surface area contributed by atoms with Gasteiger partial charge in [0.15, 0.2) is 0 Å². The van der Waals surface area contributed by atoms with Crippen LogP contribution in [0.1, 0.15) is 16.7 Å². The number of aryl methyl sites for hydroxylation is 2. The van der Waals surface area contributed by atoms with Gasteiger partial charge in [0, 0.05) is 34.6 Å². The van der Waals surface area contributed by atoms with Gasteiger partial charge in [0.25, 0.3) is 5.56 Å². The van der Waals surface area contributed by atoms with Crippen LogP contribution in [0.5, 0.6) is 0 Å². The van der Waals surface area contributed by atoms with Crippen molar-refractivity contribution >= 4 is 39.4 Å². The summed E-state index contributed by atoms with van der Waals surface area (Å²) in [6, 6.07) is 22.4. The Bertz CT molecular complexity index is 1410. The van der Waals surface area contributed by atoms with Crippen molar-refractivity contribution in [1.82, 2.24) is 4.57 Å². The number of hydrogen-bond donors (Lipinski definition) is 1. The molecule has 1 unspecified atom stereocenters. The summed E-state index contributed by atoms with van der Waals surface area (Å²) in [5.74, 6) is 0. The van der Waals surface area contributed by atoms with Crippen LogP contribution in [-0.4, -0.2) is 14.5 Å². The fraction of sp³-hybridized carbons (Fsp3) is 0.0833. The molecular formula is C24H20ClN3O2S. The van der Waals surface area contributed by atoms with E-state index in [1.165, 1.54) is 0 Å². The van der Waals surface area contributed by atoms with Gasteiger partial charge in [-0.1, -0.05) is 59.6 Å². The van der Waals surface area contributed by atoms with Crippen LogP contribution in [0.2, 0.25) is 5.02 Å². The van der Waals surface area contributed by atoms with Gasteiger partial charge in [0.05, 0.1) is 11.2 Å². The van der Waals surface area contributed by atoms with Crippen LogP contribution < -0.4 is 10.7 Å². The molecule has 0 bridgehead atoms. The Morgan fingerprint density at radius 1 is 1.00 bits per heavy atom. The maximum atomic E-state index is 12.6. The Balaban J connectivity index is 2.00. The van der Waals surface area contributed by atoms with Gasteiger partial charge in [-0.05, 0) is 42.3 Å². The van der Waals surface area contributed by atoms with Crippen LogP contribution in [0.4, 0.5) is 0 Å². The monoisotopic (exact) mass is 449 g/mol. The minimum Gasteiger partial charge on any atom is -0.311 e. The largest absolute Gasteiger partial charge is 0.311 e. The fourth-order valence-corrected chi connectivity index (χ4v) is 4.15. The molecule has 4 rings (SSSR count). The third kappa shape index (κ3) is 4.37. The second-order valence-electron chi connectivity index (χ2n) is 7.28. The SMILES string of the molecule is Cc1cccc(-c2cc(=O)n(C)c3ccc(/C(=N/S(N)=O)c4ccc(Cl)cc4)cc23)c1. The van der Waals surface area contributed by atoms with Crippen LogP contribution in [-0.2, 0) is 18.2 Å². The van der Waals surface area contributed by atoms with Crippen molar-refractivity contribution in [2.75, 3.05) is 0 Å². The molecule has 0 saturated heterocycles. The minimum atomic E-state index is -1.89. The molecule has 31 heavy (non-hydrogen) atoms. The Hall–Kier alpha value is -3.06. The van der Waals surface area contributed by atoms with Crippen LogP contribution in [0.3, 0.4) is 0 Å². The number of halogens is 1. The van der Waals surface area contributed by atoms with E-state index in [4.69, 9.17) is 16.7 Å². The highest BCUT2D eigenvalue weighted by Crippen LogP contribution is 2.29. The Morgan fingerprint density at radius 2 is 1.71 bits per heavy atom. The third-order valence-corrected chi connectivity index (χ3v) is 5.76. The first-order valence-electron chi connectivity index (χ1n) is 9.55. The lowest BCUT2D eigenvalue weighted by atomic mass is 9.95. The lowest BCUT2D eigenvalue weighted by Crippen LogP contribution is -2.17. The van der Waals surface area contributed by atoms with E-state index in [2.05, 4.69) is 4.40 Å². The summed E-state index contributed by atoms with van der Waals surface area (Å²) in [6.07, 6.45) is 0. The molecule has 1 aromatic heterocycles. The lowest BCUT2D eigenvalue weighted by Gasteiger charge is -2.14. The first-order valence-corrected chi connectivity index (χ1v) is 11.1. The van der Waals surface area contributed by atoms with Gasteiger partial charge >= 0.3 is 0 Å². The number of nitrogens with two attached hydrogens (primary N) is 1. The standard InChI is InChI=1S/C24H20ClN3O2S/c1-15-4-3-5-17(12-15)20-14-23(29)28(2)22-11-8-18(13-21(20)22)24(27-31(26)30)16-6-9-19(25)10-7-16/h3-14H,26H2,1-2H3/b27-24+. The zero-order valence-corrected chi connectivity index (χ0v) is 18.6. The lowest BCUT2D eigenvalue weighted by molar-refractivity contribution is 0.685. The van der Waals surface area contributed by atoms with Crippen molar-refractivity contribution in [3.05, 3.63) is 105 Å². The highest BCUT2D eigenvalue weighted by molar-refractivity contribution is 7.81. The van der Waals surface area contributed by atoms with Gasteiger partial charge in [-0.2, -0.15) is 4.40 Å². The predicted octanol–water partition coefficient (Wildman–Crippen LogP) is 4.54. The van der Waals surface area contributed by atoms with Crippen LogP contribution in [0.25, 0.3) is 22.0 Å². The summed E-state index contributed by atoms with van der Waals surface area (Å²) in [7, 11) is 1.74. The maximum absolute atomic E-state index is 12.6. The minimum absolute atomic E-state index is 0.0913. The molecule has 0 radical (unpaired) electrons. The van der Waals surface area contributed by atoms with Crippen LogP contribution in [0.15, 0.2) is 82.0 Å². The summed E-state index contributed by atoms with van der Waals surface area (Å²) < 4.78 is 17.6. The first kappa shape index (κ1) is 21.2. The van der Waals surface area contributed by atoms with Crippen molar-refractivity contribution in [3.63, 3.8) is 0 Å². The number of pyridine rings is 1. The highest BCUT2D eigenvalue weighted by Gasteiger charge is 2.14. The first-order chi connectivity index (χ1) is 14.8. The maximum Gasteiger partial charge on any atom is 0.251 e. The smallest absolute Gasteiger partial charge is 0.251 e. The van der Waals surface area contributed by atoms with E-state index in [0.717, 1.165) is 38.7 Å². The van der Waals surface area contributed by atoms with E-state index < -0.39 is 11.2 Å². The van der Waals surface area contributed by atoms with Crippen molar-refractivity contribution in [2.24, 2.45) is 16.6 Å². The molecule has 0 aliphatic carbocycles. The second-order valence-corrected chi connectivity index (χ2v) is 8.45. The summed E-state index contributed by atoms with van der Waals surface area (Å²) >= 11 is 4.13. The van der Waals surface area contributed by atoms with E-state index >= 15 is 0 Å². The van der Waals surface area contributed by atoms with Crippen LogP contribution >= 0.6 is 11.6 Å². The summed E-state index contributed by atoms with van der Waals surface area (Å²) in [5, 5.41) is 6.98. The molecule has 0 spiro atoms. The molecule has 0 amide bonds. The molecular weight excluding hydrogens is 430 g/mol. The zero-order valence-electron chi connectivity index (χ0n) is 17.0. The topological polar surface area (TPSA) is 77.4 Å². The van der Waals surface area contributed by atoms with Gasteiger partial charge in [-0.15, -0.1) is 0 Å². The van der Waals surface area contributed by atoms with Crippen LogP contribution in [0, 0.1) is 6.92 Å². The van der Waals surface area contributed by atoms with Gasteiger partial charge in [-0.25, -0.2) is 9.35 Å². The highest BCUT2D eigenvalue weighted by atomic mass is 35.5. The number of hydrogen-bond acceptors (Lipinski definition) is 2. The normalized spacial score (nSPS) is 12.8. The molecule has 1 atom stereocenters. The molecule has 3 aromatic carbocycles. The molecule has 5 nitrogen and oxygen atoms in total. The molecule has 0 saturated carbocycles. The summed E-state index contributed by atoms with van der Waals surface area (Å²) in [4.78, 5) is 12.6. The number of aromatic nitrogens is 1. The molecule has 156 valence electrons. The van der Waals surface area contributed by atoms with Crippen molar-refractivity contribution in [3.8, 4) is 11.1 Å². The number of nitrogens with zero attached hydrogens (tertiary/aromatic N) is 2. The van der Waals surface area contributed by atoms with E-state index in [0.29, 0.717) is 10.7 Å². The summed E-state index contributed by atoms with van der Waals surface area (Å²) in [5.41, 5.74) is 5.54. The fourth-order valence-electron chi connectivity index (χ4n) is 3.63. The van der Waals surface area contributed by atoms with E-state index in [1.54, 1.807) is 41.9 Å². The average molecular weight is 450 g/mol. The van der Waals surface area contributed by atoms with E-state index in [-0.39, 0.29) is 5.56 Å². The molecule has 7 heteroatoms. The van der Waals surface area contributed by atoms with E-state index in [9.17, 15) is 9.00 Å².